The Bertz CT molecular complexity index is 1260. The summed E-state index contributed by atoms with van der Waals surface area (Å²) in [4.78, 5) is 42.7. The Morgan fingerprint density at radius 1 is 1.16 bits per heavy atom. The molecule has 1 aromatic heterocycles. The largest absolute Gasteiger partial charge is 0.501 e. The van der Waals surface area contributed by atoms with Crippen molar-refractivity contribution in [3.63, 3.8) is 0 Å². The number of carbonyl (C=O) groups excluding carboxylic acids is 3. The van der Waals surface area contributed by atoms with Crippen LogP contribution in [-0.4, -0.2) is 42.3 Å². The summed E-state index contributed by atoms with van der Waals surface area (Å²) >= 11 is 0. The summed E-state index contributed by atoms with van der Waals surface area (Å²) < 4.78 is 61.5. The van der Waals surface area contributed by atoms with Crippen LogP contribution in [0.3, 0.4) is 0 Å². The quantitative estimate of drug-likeness (QED) is 0.685. The summed E-state index contributed by atoms with van der Waals surface area (Å²) in [5.74, 6) is -1.68. The highest BCUT2D eigenvalue weighted by Gasteiger charge is 2.70. The van der Waals surface area contributed by atoms with Gasteiger partial charge in [0.1, 0.15) is 11.2 Å². The average molecular weight is 468 g/mol. The smallest absolute Gasteiger partial charge is 0.364 e. The number of sulfone groups is 1. The van der Waals surface area contributed by atoms with Gasteiger partial charge in [-0.25, -0.2) is 18.1 Å². The van der Waals surface area contributed by atoms with Gasteiger partial charge in [0.05, 0.1) is 16.3 Å². The minimum Gasteiger partial charge on any atom is -0.364 e. The van der Waals surface area contributed by atoms with Crippen LogP contribution in [-0.2, 0) is 14.6 Å². The van der Waals surface area contributed by atoms with E-state index in [-0.39, 0.29) is 23.0 Å². The van der Waals surface area contributed by atoms with Crippen LogP contribution in [0.1, 0.15) is 23.8 Å². The molecule has 1 aliphatic carbocycles. The van der Waals surface area contributed by atoms with Gasteiger partial charge in [0.2, 0.25) is 0 Å². The van der Waals surface area contributed by atoms with Gasteiger partial charge in [-0.05, 0) is 48.7 Å². The van der Waals surface area contributed by atoms with Crippen molar-refractivity contribution in [3.8, 4) is 0 Å². The predicted molar refractivity (Wildman–Crippen MR) is 104 cm³/mol. The summed E-state index contributed by atoms with van der Waals surface area (Å²) in [5.41, 5.74) is -1.49. The number of benzene rings is 1. The second-order valence-corrected chi connectivity index (χ2v) is 9.44. The number of pyridine rings is 1. The highest BCUT2D eigenvalue weighted by Crippen LogP contribution is 2.55. The van der Waals surface area contributed by atoms with Crippen LogP contribution >= 0.6 is 0 Å². The van der Waals surface area contributed by atoms with E-state index in [9.17, 15) is 36.0 Å². The third-order valence-electron chi connectivity index (χ3n) is 5.59. The normalized spacial score (nSPS) is 23.2. The van der Waals surface area contributed by atoms with E-state index >= 15 is 0 Å². The molecule has 2 heterocycles. The first-order valence-corrected chi connectivity index (χ1v) is 10.7. The minimum absolute atomic E-state index is 0.0914. The maximum Gasteiger partial charge on any atom is 0.501 e. The molecule has 0 radical (unpaired) electrons. The summed E-state index contributed by atoms with van der Waals surface area (Å²) in [7, 11) is -5.58. The van der Waals surface area contributed by atoms with Gasteiger partial charge in [-0.1, -0.05) is 6.92 Å². The third-order valence-corrected chi connectivity index (χ3v) is 7.09. The molecule has 9 nitrogen and oxygen atoms in total. The summed E-state index contributed by atoms with van der Waals surface area (Å²) in [6.45, 7) is 1.75. The molecule has 2 aliphatic rings. The first-order valence-electron chi connectivity index (χ1n) is 9.18. The van der Waals surface area contributed by atoms with Gasteiger partial charge in [-0.15, -0.1) is 0 Å². The molecular formula is C19H15F3N4O5S. The lowest BCUT2D eigenvalue weighted by atomic mass is 10.1. The standard InChI is InChI=1S/C19H15F3N4O5S/c1-10-9-18(10)16(28)25(11-2-4-13(5-3-11)32(30,31)19(20,21)22)17(29)26(18)12-6-7-24-14(8-12)15(23)27/h2-8,10H,9H2,1H3,(H2,23,27). The molecule has 168 valence electrons. The highest BCUT2D eigenvalue weighted by atomic mass is 32.2. The number of hydrogen-bond donors (Lipinski definition) is 1. The number of anilines is 2. The zero-order valence-electron chi connectivity index (χ0n) is 16.3. The van der Waals surface area contributed by atoms with Gasteiger partial charge in [-0.3, -0.25) is 19.5 Å². The van der Waals surface area contributed by atoms with Gasteiger partial charge < -0.3 is 5.73 Å². The van der Waals surface area contributed by atoms with Crippen LogP contribution in [0, 0.1) is 5.92 Å². The monoisotopic (exact) mass is 468 g/mol. The van der Waals surface area contributed by atoms with Crippen LogP contribution in [0.2, 0.25) is 0 Å². The number of aromatic nitrogens is 1. The first-order chi connectivity index (χ1) is 14.8. The van der Waals surface area contributed by atoms with E-state index in [1.165, 1.54) is 23.2 Å². The second-order valence-electron chi connectivity index (χ2n) is 7.49. The van der Waals surface area contributed by atoms with Gasteiger partial charge >= 0.3 is 11.5 Å². The molecule has 32 heavy (non-hydrogen) atoms. The number of hydrogen-bond acceptors (Lipinski definition) is 6. The second kappa shape index (κ2) is 6.76. The fourth-order valence-electron chi connectivity index (χ4n) is 3.83. The maximum atomic E-state index is 13.2. The van der Waals surface area contributed by atoms with E-state index in [1.807, 2.05) is 0 Å². The SMILES string of the molecule is CC1CC12C(=O)N(c1ccc(S(=O)(=O)C(F)(F)F)cc1)C(=O)N2c1ccnc(C(N)=O)c1. The molecule has 2 unspecified atom stereocenters. The number of urea groups is 1. The Kier molecular flexibility index (Phi) is 4.59. The summed E-state index contributed by atoms with van der Waals surface area (Å²) in [6, 6.07) is 5.17. The number of nitrogens with zero attached hydrogens (tertiary/aromatic N) is 3. The molecule has 2 atom stereocenters. The molecule has 4 rings (SSSR count). The van der Waals surface area contributed by atoms with E-state index in [1.54, 1.807) is 6.92 Å². The Morgan fingerprint density at radius 2 is 1.75 bits per heavy atom. The zero-order chi connectivity index (χ0) is 23.6. The molecule has 0 bridgehead atoms. The summed E-state index contributed by atoms with van der Waals surface area (Å²) in [5, 5.41) is 0. The van der Waals surface area contributed by atoms with E-state index in [4.69, 9.17) is 5.73 Å². The topological polar surface area (TPSA) is 131 Å². The molecule has 13 heteroatoms. The zero-order valence-corrected chi connectivity index (χ0v) is 17.1. The van der Waals surface area contributed by atoms with Crippen molar-refractivity contribution < 1.29 is 36.0 Å². The molecule has 4 amide bonds. The highest BCUT2D eigenvalue weighted by molar-refractivity contribution is 7.92. The first kappa shape index (κ1) is 21.7. The molecule has 2 aromatic rings. The Hall–Kier alpha value is -3.48. The molecule has 1 saturated carbocycles. The number of halogens is 3. The van der Waals surface area contributed by atoms with Gasteiger partial charge in [0, 0.05) is 6.20 Å². The van der Waals surface area contributed by atoms with Crippen molar-refractivity contribution in [2.24, 2.45) is 11.7 Å². The third kappa shape index (κ3) is 2.95. The number of primary amides is 1. The maximum absolute atomic E-state index is 13.2. The number of nitrogens with two attached hydrogens (primary N) is 1. The lowest BCUT2D eigenvalue weighted by Crippen LogP contribution is -2.39. The lowest BCUT2D eigenvalue weighted by Gasteiger charge is -2.22. The van der Waals surface area contributed by atoms with Crippen LogP contribution < -0.4 is 15.5 Å². The molecular weight excluding hydrogens is 453 g/mol. The van der Waals surface area contributed by atoms with Gasteiger partial charge in [0.15, 0.2) is 0 Å². The Morgan fingerprint density at radius 3 is 2.25 bits per heavy atom. The van der Waals surface area contributed by atoms with Crippen LogP contribution in [0.15, 0.2) is 47.5 Å². The molecule has 2 N–H and O–H groups in total. The van der Waals surface area contributed by atoms with Crippen molar-refractivity contribution in [2.75, 3.05) is 9.80 Å². The number of carbonyl (C=O) groups is 3. The molecule has 2 fully saturated rings. The van der Waals surface area contributed by atoms with E-state index < -0.39 is 43.6 Å². The minimum atomic E-state index is -5.58. The Balaban J connectivity index is 1.75. The molecule has 1 aliphatic heterocycles. The number of amides is 4. The average Bonchev–Trinajstić information content (AvgIpc) is 3.33. The van der Waals surface area contributed by atoms with Crippen LogP contribution in [0.4, 0.5) is 29.3 Å². The van der Waals surface area contributed by atoms with E-state index in [0.717, 1.165) is 17.0 Å². The predicted octanol–water partition coefficient (Wildman–Crippen LogP) is 2.23. The van der Waals surface area contributed by atoms with Crippen LogP contribution in [0.25, 0.3) is 0 Å². The van der Waals surface area contributed by atoms with Crippen LogP contribution in [0.5, 0.6) is 0 Å². The number of alkyl halides is 3. The lowest BCUT2D eigenvalue weighted by molar-refractivity contribution is -0.119. The van der Waals surface area contributed by atoms with E-state index in [0.29, 0.717) is 18.6 Å². The van der Waals surface area contributed by atoms with Crippen molar-refractivity contribution in [2.45, 2.75) is 29.3 Å². The van der Waals surface area contributed by atoms with E-state index in [2.05, 4.69) is 4.98 Å². The molecule has 1 aromatic carbocycles. The van der Waals surface area contributed by atoms with Crippen molar-refractivity contribution in [1.82, 2.24) is 4.98 Å². The van der Waals surface area contributed by atoms with Crippen molar-refractivity contribution in [3.05, 3.63) is 48.3 Å². The summed E-state index contributed by atoms with van der Waals surface area (Å²) in [6.07, 6.45) is 1.58. The number of imide groups is 1. The number of rotatable bonds is 4. The fraction of sp³-hybridized carbons (Fsp3) is 0.263. The van der Waals surface area contributed by atoms with Crippen molar-refractivity contribution >= 4 is 39.1 Å². The van der Waals surface area contributed by atoms with Gasteiger partial charge in [0.25, 0.3) is 21.7 Å². The Labute approximate surface area is 179 Å². The fourth-order valence-corrected chi connectivity index (χ4v) is 4.60. The van der Waals surface area contributed by atoms with Gasteiger partial charge in [-0.2, -0.15) is 13.2 Å². The van der Waals surface area contributed by atoms with Crippen molar-refractivity contribution in [1.29, 1.82) is 0 Å². The molecule has 1 spiro atoms. The molecule has 1 saturated heterocycles.